The molecule has 28 heavy (non-hydrogen) atoms. The lowest BCUT2D eigenvalue weighted by atomic mass is 10.0. The van der Waals surface area contributed by atoms with E-state index in [4.69, 9.17) is 9.47 Å². The number of nitrogens with zero attached hydrogens (tertiary/aromatic N) is 1. The number of methoxy groups -OCH3 is 2. The summed E-state index contributed by atoms with van der Waals surface area (Å²) in [5, 5.41) is 7.72. The van der Waals surface area contributed by atoms with Crippen LogP contribution in [0.3, 0.4) is 0 Å². The maximum absolute atomic E-state index is 12.9. The average Bonchev–Trinajstić information content (AvgIpc) is 3.37. The van der Waals surface area contributed by atoms with Gasteiger partial charge in [-0.1, -0.05) is 12.1 Å². The molecule has 0 aliphatic carbocycles. The zero-order valence-corrected chi connectivity index (χ0v) is 17.4. The number of thiophene rings is 1. The highest BCUT2D eigenvalue weighted by Gasteiger charge is 2.23. The molecule has 1 amide bonds. The van der Waals surface area contributed by atoms with Crippen LogP contribution in [0, 0.1) is 6.92 Å². The lowest BCUT2D eigenvalue weighted by Gasteiger charge is -2.18. The Morgan fingerprint density at radius 2 is 1.93 bits per heavy atom. The van der Waals surface area contributed by atoms with Crippen LogP contribution in [0.2, 0.25) is 0 Å². The molecule has 2 heterocycles. The molecule has 0 spiro atoms. The van der Waals surface area contributed by atoms with Gasteiger partial charge in [0.1, 0.15) is 15.6 Å². The first-order valence-corrected chi connectivity index (χ1v) is 10.3. The van der Waals surface area contributed by atoms with Crippen molar-refractivity contribution in [2.24, 2.45) is 0 Å². The fourth-order valence-electron chi connectivity index (χ4n) is 2.68. The van der Waals surface area contributed by atoms with E-state index in [1.807, 2.05) is 35.9 Å². The molecule has 1 unspecified atom stereocenters. The molecule has 3 rings (SSSR count). The number of ether oxygens (including phenoxy) is 2. The normalized spacial score (nSPS) is 11.7. The largest absolute Gasteiger partial charge is 0.497 e. The summed E-state index contributed by atoms with van der Waals surface area (Å²) in [5.74, 6) is 0.0351. The zero-order chi connectivity index (χ0) is 20.1. The van der Waals surface area contributed by atoms with Gasteiger partial charge in [-0.3, -0.25) is 9.59 Å². The lowest BCUT2D eigenvalue weighted by molar-refractivity contribution is -0.141. The molecule has 2 aromatic heterocycles. The van der Waals surface area contributed by atoms with Crippen LogP contribution in [0.15, 0.2) is 41.1 Å². The number of thiazole rings is 1. The highest BCUT2D eigenvalue weighted by Crippen LogP contribution is 2.30. The molecule has 0 bridgehead atoms. The van der Waals surface area contributed by atoms with Crippen LogP contribution in [0.5, 0.6) is 5.75 Å². The lowest BCUT2D eigenvalue weighted by Crippen LogP contribution is -2.30. The second kappa shape index (κ2) is 8.99. The van der Waals surface area contributed by atoms with Crippen molar-refractivity contribution in [1.29, 1.82) is 0 Å². The van der Waals surface area contributed by atoms with E-state index >= 15 is 0 Å². The van der Waals surface area contributed by atoms with Crippen molar-refractivity contribution >= 4 is 34.6 Å². The molecule has 146 valence electrons. The second-order valence-electron chi connectivity index (χ2n) is 6.03. The van der Waals surface area contributed by atoms with Crippen molar-refractivity contribution in [2.75, 3.05) is 14.2 Å². The predicted molar refractivity (Wildman–Crippen MR) is 110 cm³/mol. The number of aryl methyl sites for hydroxylation is 1. The molecule has 1 aromatic carbocycles. The highest BCUT2D eigenvalue weighted by molar-refractivity contribution is 7.17. The molecule has 0 aliphatic heterocycles. The molecule has 1 atom stereocenters. The number of amides is 1. The van der Waals surface area contributed by atoms with Gasteiger partial charge >= 0.3 is 5.97 Å². The Kier molecular flexibility index (Phi) is 6.43. The van der Waals surface area contributed by atoms with Gasteiger partial charge in [0, 0.05) is 10.9 Å². The van der Waals surface area contributed by atoms with E-state index in [0.29, 0.717) is 16.3 Å². The van der Waals surface area contributed by atoms with E-state index in [2.05, 4.69) is 10.3 Å². The van der Waals surface area contributed by atoms with E-state index < -0.39 is 12.0 Å². The van der Waals surface area contributed by atoms with Gasteiger partial charge in [0.05, 0.1) is 32.4 Å². The van der Waals surface area contributed by atoms with Crippen LogP contribution in [-0.2, 0) is 9.53 Å². The molecule has 0 aliphatic rings. The Bertz CT molecular complexity index is 949. The molecule has 3 aromatic rings. The van der Waals surface area contributed by atoms with Crippen LogP contribution in [-0.4, -0.2) is 31.1 Å². The average molecular weight is 417 g/mol. The number of esters is 1. The minimum atomic E-state index is -0.517. The number of rotatable bonds is 7. The molecule has 0 saturated heterocycles. The quantitative estimate of drug-likeness (QED) is 0.584. The Balaban J connectivity index is 1.83. The Labute approximate surface area is 171 Å². The van der Waals surface area contributed by atoms with E-state index in [0.717, 1.165) is 16.1 Å². The third kappa shape index (κ3) is 4.58. The van der Waals surface area contributed by atoms with E-state index in [-0.39, 0.29) is 12.3 Å². The summed E-state index contributed by atoms with van der Waals surface area (Å²) in [5.41, 5.74) is 2.45. The number of hydrogen-bond donors (Lipinski definition) is 1. The van der Waals surface area contributed by atoms with Crippen molar-refractivity contribution < 1.29 is 19.1 Å². The number of hydrogen-bond acceptors (Lipinski definition) is 7. The number of carbonyl (C=O) groups is 2. The Morgan fingerprint density at radius 3 is 2.54 bits per heavy atom. The first-order valence-electron chi connectivity index (χ1n) is 8.53. The fraction of sp³-hybridized carbons (Fsp3) is 0.250. The Morgan fingerprint density at radius 1 is 1.18 bits per heavy atom. The number of benzene rings is 1. The Hall–Kier alpha value is -2.71. The smallest absolute Gasteiger partial charge is 0.307 e. The summed E-state index contributed by atoms with van der Waals surface area (Å²) < 4.78 is 9.96. The highest BCUT2D eigenvalue weighted by atomic mass is 32.1. The summed E-state index contributed by atoms with van der Waals surface area (Å²) in [6.07, 6.45) is 0.0316. The number of carbonyl (C=O) groups excluding carboxylic acids is 2. The molecule has 8 heteroatoms. The third-order valence-corrected chi connectivity index (χ3v) is 6.08. The summed E-state index contributed by atoms with van der Waals surface area (Å²) in [4.78, 5) is 29.8. The molecule has 0 fully saturated rings. The number of nitrogens with one attached hydrogen (secondary N) is 1. The first-order chi connectivity index (χ1) is 13.5. The first kappa shape index (κ1) is 20.0. The van der Waals surface area contributed by atoms with Crippen molar-refractivity contribution in [3.05, 3.63) is 57.2 Å². The third-order valence-electron chi connectivity index (χ3n) is 4.19. The standard InChI is InChI=1S/C20H20N2O4S2/c1-12-18(28-20(21-12)14-8-9-27-11-14)19(24)22-16(10-17(23)26-3)13-4-6-15(25-2)7-5-13/h4-9,11,16H,10H2,1-3H3,(H,22,24). The predicted octanol–water partition coefficient (Wildman–Crippen LogP) is 4.22. The van der Waals surface area contributed by atoms with Crippen molar-refractivity contribution in [3.8, 4) is 16.3 Å². The SMILES string of the molecule is COC(=O)CC(NC(=O)c1sc(-c2ccsc2)nc1C)c1ccc(OC)cc1. The van der Waals surface area contributed by atoms with Gasteiger partial charge in [-0.15, -0.1) is 11.3 Å². The van der Waals surface area contributed by atoms with Gasteiger partial charge < -0.3 is 14.8 Å². The van der Waals surface area contributed by atoms with Crippen LogP contribution >= 0.6 is 22.7 Å². The van der Waals surface area contributed by atoms with Crippen molar-refractivity contribution in [1.82, 2.24) is 10.3 Å². The maximum atomic E-state index is 12.9. The van der Waals surface area contributed by atoms with Crippen molar-refractivity contribution in [2.45, 2.75) is 19.4 Å². The summed E-state index contributed by atoms with van der Waals surface area (Å²) >= 11 is 2.92. The topological polar surface area (TPSA) is 77.5 Å². The molecule has 0 saturated carbocycles. The zero-order valence-electron chi connectivity index (χ0n) is 15.7. The summed E-state index contributed by atoms with van der Waals surface area (Å²) in [6.45, 7) is 1.81. The molecular weight excluding hydrogens is 396 g/mol. The van der Waals surface area contributed by atoms with Gasteiger partial charge in [0.25, 0.3) is 5.91 Å². The van der Waals surface area contributed by atoms with Gasteiger partial charge in [0.15, 0.2) is 0 Å². The van der Waals surface area contributed by atoms with Gasteiger partial charge in [-0.25, -0.2) is 4.98 Å². The van der Waals surface area contributed by atoms with Crippen LogP contribution in [0.4, 0.5) is 0 Å². The monoisotopic (exact) mass is 416 g/mol. The fourth-order valence-corrected chi connectivity index (χ4v) is 4.36. The van der Waals surface area contributed by atoms with E-state index in [9.17, 15) is 9.59 Å². The summed E-state index contributed by atoms with van der Waals surface area (Å²) in [7, 11) is 2.91. The summed E-state index contributed by atoms with van der Waals surface area (Å²) in [6, 6.07) is 8.68. The molecule has 6 nitrogen and oxygen atoms in total. The van der Waals surface area contributed by atoms with Gasteiger partial charge in [-0.05, 0) is 36.1 Å². The van der Waals surface area contributed by atoms with Crippen LogP contribution in [0.25, 0.3) is 10.6 Å². The minimum Gasteiger partial charge on any atom is -0.497 e. The van der Waals surface area contributed by atoms with Gasteiger partial charge in [-0.2, -0.15) is 11.3 Å². The maximum Gasteiger partial charge on any atom is 0.307 e. The molecule has 0 radical (unpaired) electrons. The van der Waals surface area contributed by atoms with E-state index in [1.54, 1.807) is 30.6 Å². The second-order valence-corrected chi connectivity index (χ2v) is 7.80. The van der Waals surface area contributed by atoms with Crippen LogP contribution < -0.4 is 10.1 Å². The molecular formula is C20H20N2O4S2. The van der Waals surface area contributed by atoms with Crippen molar-refractivity contribution in [3.63, 3.8) is 0 Å². The molecule has 1 N–H and O–H groups in total. The van der Waals surface area contributed by atoms with Gasteiger partial charge in [0.2, 0.25) is 0 Å². The van der Waals surface area contributed by atoms with E-state index in [1.165, 1.54) is 18.4 Å². The van der Waals surface area contributed by atoms with Crippen LogP contribution in [0.1, 0.15) is 33.4 Å². The number of aromatic nitrogens is 1. The minimum absolute atomic E-state index is 0.0316.